The minimum absolute atomic E-state index is 0.128. The highest BCUT2D eigenvalue weighted by atomic mass is 16.3. The van der Waals surface area contributed by atoms with Gasteiger partial charge in [0.15, 0.2) is 0 Å². The van der Waals surface area contributed by atoms with Crippen molar-refractivity contribution in [3.63, 3.8) is 0 Å². The van der Waals surface area contributed by atoms with Crippen LogP contribution >= 0.6 is 0 Å². The molecule has 1 aromatic rings. The maximum absolute atomic E-state index is 12.4. The molecule has 0 bridgehead atoms. The van der Waals surface area contributed by atoms with Crippen molar-refractivity contribution >= 4 is 11.8 Å². The second kappa shape index (κ2) is 4.51. The molecule has 1 aliphatic heterocycles. The fourth-order valence-electron chi connectivity index (χ4n) is 2.79. The van der Waals surface area contributed by atoms with Gasteiger partial charge in [0, 0.05) is 18.9 Å². The van der Waals surface area contributed by atoms with Crippen LogP contribution in [0.5, 0.6) is 0 Å². The van der Waals surface area contributed by atoms with Gasteiger partial charge in [-0.2, -0.15) is 0 Å². The predicted molar refractivity (Wildman–Crippen MR) is 70.2 cm³/mol. The number of imide groups is 1. The third-order valence-corrected chi connectivity index (χ3v) is 3.79. The zero-order chi connectivity index (χ0) is 13.6. The first-order chi connectivity index (χ1) is 9.19. The van der Waals surface area contributed by atoms with Gasteiger partial charge in [-0.1, -0.05) is 13.8 Å². The summed E-state index contributed by atoms with van der Waals surface area (Å²) in [6.45, 7) is 4.10. The molecule has 4 nitrogen and oxygen atoms in total. The summed E-state index contributed by atoms with van der Waals surface area (Å²) in [5, 5.41) is 0. The zero-order valence-corrected chi connectivity index (χ0v) is 11.5. The molecule has 1 fully saturated rings. The molecule has 4 heteroatoms. The molecule has 102 valence electrons. The summed E-state index contributed by atoms with van der Waals surface area (Å²) in [5.74, 6) is 1.17. The number of amides is 2. The van der Waals surface area contributed by atoms with Gasteiger partial charge in [-0.15, -0.1) is 0 Å². The van der Waals surface area contributed by atoms with Gasteiger partial charge in [-0.05, 0) is 25.7 Å². The second-order valence-corrected chi connectivity index (χ2v) is 5.41. The second-order valence-electron chi connectivity index (χ2n) is 5.41. The normalized spacial score (nSPS) is 18.3. The van der Waals surface area contributed by atoms with Gasteiger partial charge < -0.3 is 4.42 Å². The maximum atomic E-state index is 12.4. The van der Waals surface area contributed by atoms with Crippen molar-refractivity contribution in [3.05, 3.63) is 22.6 Å². The lowest BCUT2D eigenvalue weighted by molar-refractivity contribution is 0.0637. The summed E-state index contributed by atoms with van der Waals surface area (Å²) in [6, 6.07) is 0.136. The molecule has 1 aliphatic carbocycles. The fourth-order valence-corrected chi connectivity index (χ4v) is 2.79. The van der Waals surface area contributed by atoms with Crippen LogP contribution in [-0.2, 0) is 12.8 Å². The summed E-state index contributed by atoms with van der Waals surface area (Å²) in [4.78, 5) is 26.4. The number of carbonyl (C=O) groups is 2. The minimum atomic E-state index is -0.128. The van der Waals surface area contributed by atoms with Crippen molar-refractivity contribution in [3.8, 4) is 0 Å². The molecule has 3 rings (SSSR count). The summed E-state index contributed by atoms with van der Waals surface area (Å²) < 4.78 is 5.79. The Labute approximate surface area is 112 Å². The van der Waals surface area contributed by atoms with Crippen molar-refractivity contribution in [2.75, 3.05) is 0 Å². The molecule has 2 aliphatic rings. The lowest BCUT2D eigenvalue weighted by Gasteiger charge is -2.13. The third-order valence-electron chi connectivity index (χ3n) is 3.79. The summed E-state index contributed by atoms with van der Waals surface area (Å²) >= 11 is 0. The Kier molecular flexibility index (Phi) is 2.96. The number of hydrogen-bond donors (Lipinski definition) is 0. The highest BCUT2D eigenvalue weighted by Gasteiger charge is 2.48. The van der Waals surface area contributed by atoms with E-state index >= 15 is 0 Å². The number of hydrogen-bond acceptors (Lipinski definition) is 3. The molecule has 0 aromatic carbocycles. The Balaban J connectivity index is 2.06. The van der Waals surface area contributed by atoms with Crippen LogP contribution in [0.15, 0.2) is 4.42 Å². The molecule has 0 radical (unpaired) electrons. The van der Waals surface area contributed by atoms with Crippen molar-refractivity contribution in [1.82, 2.24) is 4.90 Å². The highest BCUT2D eigenvalue weighted by molar-refractivity contribution is 6.22. The van der Waals surface area contributed by atoms with E-state index < -0.39 is 0 Å². The van der Waals surface area contributed by atoms with E-state index in [0.717, 1.165) is 38.5 Å². The van der Waals surface area contributed by atoms with Crippen molar-refractivity contribution in [2.24, 2.45) is 0 Å². The Hall–Kier alpha value is -1.58. The van der Waals surface area contributed by atoms with Crippen LogP contribution in [0.1, 0.15) is 71.8 Å². The Morgan fingerprint density at radius 1 is 1.00 bits per heavy atom. The number of nitrogens with zero attached hydrogens (tertiary/aromatic N) is 1. The lowest BCUT2D eigenvalue weighted by Crippen LogP contribution is -2.32. The summed E-state index contributed by atoms with van der Waals surface area (Å²) in [7, 11) is 0. The van der Waals surface area contributed by atoms with Crippen LogP contribution in [0.4, 0.5) is 0 Å². The van der Waals surface area contributed by atoms with E-state index in [1.165, 1.54) is 4.90 Å². The molecule has 2 heterocycles. The van der Waals surface area contributed by atoms with E-state index in [9.17, 15) is 9.59 Å². The fraction of sp³-hybridized carbons (Fsp3) is 0.600. The van der Waals surface area contributed by atoms with Crippen LogP contribution in [0, 0.1) is 0 Å². The predicted octanol–water partition coefficient (Wildman–Crippen LogP) is 2.94. The zero-order valence-electron chi connectivity index (χ0n) is 11.5. The Bertz CT molecular complexity index is 499. The topological polar surface area (TPSA) is 50.5 Å². The van der Waals surface area contributed by atoms with Gasteiger partial charge in [-0.25, -0.2) is 0 Å². The summed E-state index contributed by atoms with van der Waals surface area (Å²) in [5.41, 5.74) is 1.12. The molecule has 0 unspecified atom stereocenters. The van der Waals surface area contributed by atoms with Gasteiger partial charge >= 0.3 is 0 Å². The molecule has 0 spiro atoms. The van der Waals surface area contributed by atoms with E-state index in [1.54, 1.807) is 0 Å². The van der Waals surface area contributed by atoms with Crippen molar-refractivity contribution in [2.45, 2.75) is 58.4 Å². The van der Waals surface area contributed by atoms with Gasteiger partial charge in [0.2, 0.25) is 0 Å². The van der Waals surface area contributed by atoms with Crippen LogP contribution in [-0.4, -0.2) is 22.8 Å². The Morgan fingerprint density at radius 3 is 1.84 bits per heavy atom. The quantitative estimate of drug-likeness (QED) is 0.766. The molecule has 2 amide bonds. The molecule has 0 N–H and O–H groups in total. The highest BCUT2D eigenvalue weighted by Crippen LogP contribution is 2.39. The third kappa shape index (κ3) is 1.81. The number of aryl methyl sites for hydroxylation is 2. The van der Waals surface area contributed by atoms with Crippen LogP contribution < -0.4 is 0 Å². The largest absolute Gasteiger partial charge is 0.464 e. The van der Waals surface area contributed by atoms with Gasteiger partial charge in [0.05, 0.1) is 11.1 Å². The monoisotopic (exact) mass is 261 g/mol. The first kappa shape index (κ1) is 12.5. The molecule has 1 saturated carbocycles. The number of furan rings is 1. The lowest BCUT2D eigenvalue weighted by atomic mass is 10.1. The molecule has 0 saturated heterocycles. The van der Waals surface area contributed by atoms with E-state index in [2.05, 4.69) is 0 Å². The van der Waals surface area contributed by atoms with Crippen LogP contribution in [0.25, 0.3) is 0 Å². The summed E-state index contributed by atoms with van der Waals surface area (Å²) in [6.07, 6.45) is 5.18. The van der Waals surface area contributed by atoms with E-state index in [4.69, 9.17) is 4.42 Å². The Morgan fingerprint density at radius 2 is 1.47 bits per heavy atom. The average molecular weight is 261 g/mol. The standard InChI is InChI=1S/C15H19NO3/c1-3-5-10-12-13(11(19-10)6-4-2)15(18)16(14(12)17)9-7-8-9/h9H,3-8H2,1-2H3. The van der Waals surface area contributed by atoms with E-state index in [0.29, 0.717) is 22.6 Å². The molecule has 19 heavy (non-hydrogen) atoms. The first-order valence-electron chi connectivity index (χ1n) is 7.21. The number of carbonyl (C=O) groups excluding carboxylic acids is 2. The van der Waals surface area contributed by atoms with Gasteiger partial charge in [-0.3, -0.25) is 14.5 Å². The van der Waals surface area contributed by atoms with Crippen molar-refractivity contribution < 1.29 is 14.0 Å². The maximum Gasteiger partial charge on any atom is 0.265 e. The minimum Gasteiger partial charge on any atom is -0.464 e. The SMILES string of the molecule is CCCc1oc(CCC)c2c1C(=O)N(C1CC1)C2=O. The van der Waals surface area contributed by atoms with E-state index in [-0.39, 0.29) is 17.9 Å². The molecular weight excluding hydrogens is 242 g/mol. The smallest absolute Gasteiger partial charge is 0.265 e. The number of rotatable bonds is 5. The molecular formula is C15H19NO3. The van der Waals surface area contributed by atoms with Crippen LogP contribution in [0.2, 0.25) is 0 Å². The molecule has 0 atom stereocenters. The van der Waals surface area contributed by atoms with Crippen molar-refractivity contribution in [1.29, 1.82) is 0 Å². The molecule has 1 aromatic heterocycles. The number of fused-ring (bicyclic) bond motifs is 1. The van der Waals surface area contributed by atoms with Gasteiger partial charge in [0.1, 0.15) is 11.5 Å². The van der Waals surface area contributed by atoms with Gasteiger partial charge in [0.25, 0.3) is 11.8 Å². The first-order valence-corrected chi connectivity index (χ1v) is 7.21. The van der Waals surface area contributed by atoms with Crippen LogP contribution in [0.3, 0.4) is 0 Å². The van der Waals surface area contributed by atoms with E-state index in [1.807, 2.05) is 13.8 Å². The average Bonchev–Trinajstić information content (AvgIpc) is 3.08.